The number of allylic oxidation sites excluding steroid dienone is 1. The smallest absolute Gasteiger partial charge is 0.255 e. The average Bonchev–Trinajstić information content (AvgIpc) is 3.03. The molecule has 1 aromatic carbocycles. The molecule has 152 valence electrons. The van der Waals surface area contributed by atoms with Crippen LogP contribution in [-0.2, 0) is 10.0 Å². The Balaban J connectivity index is 2.38. The number of hydrogen-bond donors (Lipinski definition) is 1. The predicted molar refractivity (Wildman–Crippen MR) is 111 cm³/mol. The molecule has 0 fully saturated rings. The molecule has 3 aromatic rings. The number of amides is 1. The number of carbonyl (C=O) groups excluding carboxylic acids is 1. The summed E-state index contributed by atoms with van der Waals surface area (Å²) in [4.78, 5) is 17.0. The Morgan fingerprint density at radius 3 is 2.41 bits per heavy atom. The molecule has 0 aliphatic rings. The third-order valence-electron chi connectivity index (χ3n) is 4.48. The van der Waals surface area contributed by atoms with E-state index >= 15 is 0 Å². The Hall–Kier alpha value is -3.20. The lowest BCUT2D eigenvalue weighted by Crippen LogP contribution is -2.26. The van der Waals surface area contributed by atoms with Gasteiger partial charge in [0.15, 0.2) is 5.82 Å². The molecule has 0 aliphatic carbocycles. The molecule has 0 atom stereocenters. The second-order valence-electron chi connectivity index (χ2n) is 6.62. The zero-order chi connectivity index (χ0) is 21.5. The largest absolute Gasteiger partial charge is 0.437 e. The summed E-state index contributed by atoms with van der Waals surface area (Å²) in [6.45, 7) is 5.60. The minimum Gasteiger partial charge on any atom is -0.437 e. The highest BCUT2D eigenvalue weighted by molar-refractivity contribution is 7.92. The van der Waals surface area contributed by atoms with Gasteiger partial charge in [0.2, 0.25) is 15.7 Å². The highest BCUT2D eigenvalue weighted by atomic mass is 32.2. The Kier molecular flexibility index (Phi) is 5.18. The fraction of sp³-hybridized carbons (Fsp3) is 0.200. The first-order valence-electron chi connectivity index (χ1n) is 8.60. The van der Waals surface area contributed by atoms with E-state index in [0.717, 1.165) is 10.6 Å². The van der Waals surface area contributed by atoms with Crippen LogP contribution in [0.15, 0.2) is 41.3 Å². The third kappa shape index (κ3) is 3.73. The van der Waals surface area contributed by atoms with Gasteiger partial charge in [-0.25, -0.2) is 12.8 Å². The molecule has 1 N–H and O–H groups in total. The van der Waals surface area contributed by atoms with Gasteiger partial charge >= 0.3 is 0 Å². The number of rotatable bonds is 5. The fourth-order valence-electron chi connectivity index (χ4n) is 2.88. The molecule has 0 unspecified atom stereocenters. The van der Waals surface area contributed by atoms with E-state index in [1.54, 1.807) is 13.0 Å². The van der Waals surface area contributed by atoms with Crippen molar-refractivity contribution >= 4 is 38.4 Å². The Bertz CT molecular complexity index is 1230. The van der Waals surface area contributed by atoms with E-state index in [9.17, 15) is 17.6 Å². The Morgan fingerprint density at radius 1 is 1.28 bits per heavy atom. The number of benzene rings is 1. The van der Waals surface area contributed by atoms with Gasteiger partial charge in [0.05, 0.1) is 17.2 Å². The van der Waals surface area contributed by atoms with Crippen LogP contribution in [0.3, 0.4) is 0 Å². The van der Waals surface area contributed by atoms with Gasteiger partial charge in [0, 0.05) is 25.2 Å². The van der Waals surface area contributed by atoms with Crippen LogP contribution >= 0.6 is 0 Å². The highest BCUT2D eigenvalue weighted by Crippen LogP contribution is 2.37. The summed E-state index contributed by atoms with van der Waals surface area (Å²) in [6.07, 6.45) is 1.06. The number of hydrogen-bond acceptors (Lipinski definition) is 5. The van der Waals surface area contributed by atoms with Crippen LogP contribution in [0.4, 0.5) is 10.2 Å². The van der Waals surface area contributed by atoms with Gasteiger partial charge in [-0.05, 0) is 42.8 Å². The van der Waals surface area contributed by atoms with Crippen molar-refractivity contribution in [1.82, 2.24) is 10.3 Å². The van der Waals surface area contributed by atoms with E-state index in [0.29, 0.717) is 22.1 Å². The average molecular weight is 417 g/mol. The van der Waals surface area contributed by atoms with Gasteiger partial charge in [0.1, 0.15) is 11.6 Å². The summed E-state index contributed by atoms with van der Waals surface area (Å²) in [5, 5.41) is 2.96. The van der Waals surface area contributed by atoms with E-state index in [2.05, 4.69) is 16.9 Å². The maximum atomic E-state index is 13.3. The fourth-order valence-corrected chi connectivity index (χ4v) is 3.33. The standard InChI is InChI=1S/C20H20FN3O4S/c1-11(2)14-10-15-16(19(25)22-3)17(12-6-8-13(21)9-7-12)28-20(15)23-18(14)24(4)29(5,26)27/h6-10H,1H2,2-5H3,(H,22,25). The summed E-state index contributed by atoms with van der Waals surface area (Å²) in [6, 6.07) is 7.12. The number of fused-ring (bicyclic) bond motifs is 1. The van der Waals surface area contributed by atoms with Crippen molar-refractivity contribution in [3.8, 4) is 11.3 Å². The van der Waals surface area contributed by atoms with E-state index < -0.39 is 21.7 Å². The van der Waals surface area contributed by atoms with E-state index in [4.69, 9.17) is 4.42 Å². The Morgan fingerprint density at radius 2 is 1.90 bits per heavy atom. The number of halogens is 1. The zero-order valence-corrected chi connectivity index (χ0v) is 17.2. The van der Waals surface area contributed by atoms with Crippen LogP contribution in [0.25, 0.3) is 28.0 Å². The summed E-state index contributed by atoms with van der Waals surface area (Å²) < 4.78 is 44.3. The van der Waals surface area contributed by atoms with Crippen LogP contribution in [0, 0.1) is 5.82 Å². The van der Waals surface area contributed by atoms with Crippen molar-refractivity contribution in [1.29, 1.82) is 0 Å². The number of aromatic nitrogens is 1. The van der Waals surface area contributed by atoms with Gasteiger partial charge in [0.25, 0.3) is 5.91 Å². The third-order valence-corrected chi connectivity index (χ3v) is 5.65. The topological polar surface area (TPSA) is 92.5 Å². The number of sulfonamides is 1. The molecule has 0 bridgehead atoms. The Labute approximate surface area is 167 Å². The molecule has 1 amide bonds. The SMILES string of the molecule is C=C(C)c1cc2c(C(=O)NC)c(-c3ccc(F)cc3)oc2nc1N(C)S(C)(=O)=O. The molecule has 0 radical (unpaired) electrons. The molecule has 0 saturated heterocycles. The van der Waals surface area contributed by atoms with Gasteiger partial charge in [-0.3, -0.25) is 9.10 Å². The maximum Gasteiger partial charge on any atom is 0.255 e. The lowest BCUT2D eigenvalue weighted by molar-refractivity contribution is 0.0964. The minimum absolute atomic E-state index is 0.0819. The first kappa shape index (κ1) is 20.5. The normalized spacial score (nSPS) is 11.5. The van der Waals surface area contributed by atoms with E-state index in [1.807, 2.05) is 0 Å². The predicted octanol–water partition coefficient (Wildman–Crippen LogP) is 3.42. The quantitative estimate of drug-likeness (QED) is 0.687. The highest BCUT2D eigenvalue weighted by Gasteiger charge is 2.26. The lowest BCUT2D eigenvalue weighted by atomic mass is 10.0. The molecule has 9 heteroatoms. The van der Waals surface area contributed by atoms with Crippen LogP contribution in [0.2, 0.25) is 0 Å². The van der Waals surface area contributed by atoms with Gasteiger partial charge in [-0.15, -0.1) is 0 Å². The van der Waals surface area contributed by atoms with Crippen LogP contribution in [-0.4, -0.2) is 39.7 Å². The van der Waals surface area contributed by atoms with Gasteiger partial charge in [-0.2, -0.15) is 4.98 Å². The number of furan rings is 1. The molecule has 2 aromatic heterocycles. The van der Waals surface area contributed by atoms with Crippen LogP contribution in [0.5, 0.6) is 0 Å². The zero-order valence-electron chi connectivity index (χ0n) is 16.4. The first-order chi connectivity index (χ1) is 13.5. The first-order valence-corrected chi connectivity index (χ1v) is 10.4. The molecule has 0 spiro atoms. The van der Waals surface area contributed by atoms with Crippen molar-refractivity contribution < 1.29 is 22.0 Å². The van der Waals surface area contributed by atoms with Crippen molar-refractivity contribution in [2.45, 2.75) is 6.92 Å². The second-order valence-corrected chi connectivity index (χ2v) is 8.63. The van der Waals surface area contributed by atoms with E-state index in [-0.39, 0.29) is 22.9 Å². The number of nitrogens with one attached hydrogen (secondary N) is 1. The maximum absolute atomic E-state index is 13.3. The summed E-state index contributed by atoms with van der Waals surface area (Å²) in [5.74, 6) is -0.498. The van der Waals surface area contributed by atoms with Crippen molar-refractivity contribution in [2.24, 2.45) is 0 Å². The van der Waals surface area contributed by atoms with E-state index in [1.165, 1.54) is 38.4 Å². The van der Waals surface area contributed by atoms with Gasteiger partial charge in [-0.1, -0.05) is 6.58 Å². The van der Waals surface area contributed by atoms with Crippen LogP contribution < -0.4 is 9.62 Å². The second kappa shape index (κ2) is 7.32. The molecule has 2 heterocycles. The minimum atomic E-state index is -3.59. The molecule has 7 nitrogen and oxygen atoms in total. The number of pyridine rings is 1. The summed E-state index contributed by atoms with van der Waals surface area (Å²) in [5.41, 5.74) is 1.81. The molecule has 0 saturated carbocycles. The van der Waals surface area contributed by atoms with Crippen molar-refractivity contribution in [3.05, 3.63) is 53.9 Å². The number of carbonyl (C=O) groups is 1. The summed E-state index contributed by atoms with van der Waals surface area (Å²) >= 11 is 0. The molecule has 3 rings (SSSR count). The molecular formula is C20H20FN3O4S. The van der Waals surface area contributed by atoms with Gasteiger partial charge < -0.3 is 9.73 Å². The van der Waals surface area contributed by atoms with Crippen molar-refractivity contribution in [3.63, 3.8) is 0 Å². The molecule has 29 heavy (non-hydrogen) atoms. The number of anilines is 1. The lowest BCUT2D eigenvalue weighted by Gasteiger charge is -2.19. The molecular weight excluding hydrogens is 397 g/mol. The molecule has 0 aliphatic heterocycles. The number of nitrogens with zero attached hydrogens (tertiary/aromatic N) is 2. The van der Waals surface area contributed by atoms with Crippen molar-refractivity contribution in [2.75, 3.05) is 24.7 Å². The monoisotopic (exact) mass is 417 g/mol. The van der Waals surface area contributed by atoms with Crippen LogP contribution in [0.1, 0.15) is 22.8 Å². The summed E-state index contributed by atoms with van der Waals surface area (Å²) in [7, 11) is -0.740.